The van der Waals surface area contributed by atoms with E-state index >= 15 is 0 Å². The third-order valence-corrected chi connectivity index (χ3v) is 15.1. The van der Waals surface area contributed by atoms with E-state index in [9.17, 15) is 14.4 Å². The summed E-state index contributed by atoms with van der Waals surface area (Å²) in [5.74, 6) is -0.868. The summed E-state index contributed by atoms with van der Waals surface area (Å²) >= 11 is 0. The quantitative estimate of drug-likeness (QED) is 0.0261. The molecule has 0 fully saturated rings. The van der Waals surface area contributed by atoms with Gasteiger partial charge in [0.1, 0.15) is 13.2 Å². The van der Waals surface area contributed by atoms with E-state index in [0.717, 1.165) is 109 Å². The molecule has 0 spiro atoms. The molecule has 0 amide bonds. The molecule has 0 rings (SSSR count). The average molecular weight is 1120 g/mol. The molecule has 0 aliphatic carbocycles. The molecule has 0 radical (unpaired) electrons. The lowest BCUT2D eigenvalue weighted by Crippen LogP contribution is -2.30. The molecule has 6 nitrogen and oxygen atoms in total. The van der Waals surface area contributed by atoms with Gasteiger partial charge in [-0.05, 0) is 89.9 Å². The highest BCUT2D eigenvalue weighted by atomic mass is 16.6. The summed E-state index contributed by atoms with van der Waals surface area (Å²) < 4.78 is 17.0. The molecular formula is C74H130O6. The number of hydrogen-bond acceptors (Lipinski definition) is 6. The van der Waals surface area contributed by atoms with Crippen LogP contribution in [0.4, 0.5) is 0 Å². The van der Waals surface area contributed by atoms with Crippen molar-refractivity contribution in [2.45, 2.75) is 354 Å². The van der Waals surface area contributed by atoms with Gasteiger partial charge in [-0.2, -0.15) is 0 Å². The predicted molar refractivity (Wildman–Crippen MR) is 348 cm³/mol. The van der Waals surface area contributed by atoms with Gasteiger partial charge in [0.05, 0.1) is 0 Å². The lowest BCUT2D eigenvalue weighted by molar-refractivity contribution is -0.167. The fourth-order valence-electron chi connectivity index (χ4n) is 10.0. The summed E-state index contributed by atoms with van der Waals surface area (Å²) in [6.07, 6.45) is 90.3. The Morgan fingerprint density at radius 1 is 0.263 bits per heavy atom. The maximum absolute atomic E-state index is 13.0. The second kappa shape index (κ2) is 68.1. The van der Waals surface area contributed by atoms with Crippen LogP contribution in [-0.4, -0.2) is 37.2 Å². The van der Waals surface area contributed by atoms with Gasteiger partial charge >= 0.3 is 17.9 Å². The fourth-order valence-corrected chi connectivity index (χ4v) is 10.0. The molecule has 0 saturated heterocycles. The standard InChI is InChI=1S/C74H130O6/c1-4-7-10-13-16-19-22-25-28-31-33-35-36-37-38-39-41-43-46-49-52-55-58-61-64-67-73(76)79-70-71(69-78-72(75)66-63-60-57-54-51-48-45-42-30-27-24-21-18-15-12-9-6-3)80-74(77)68-65-62-59-56-53-50-47-44-40-34-32-29-26-23-20-17-14-11-8-5-2/h7,9-10,12,16,18-19,21,25,27-28,30,33,35,71H,4-6,8,11,13-15,17,20,22-24,26,29,31-32,34,36-70H2,1-3H3/b10-7-,12-9-,19-16-,21-18-,28-25-,30-27-,35-33-. The first kappa shape index (κ1) is 76.6. The fraction of sp³-hybridized carbons (Fsp3) is 0.770. The molecule has 0 N–H and O–H groups in total. The molecule has 0 bridgehead atoms. The Morgan fingerprint density at radius 3 is 0.762 bits per heavy atom. The predicted octanol–water partition coefficient (Wildman–Crippen LogP) is 23.8. The molecule has 462 valence electrons. The van der Waals surface area contributed by atoms with Gasteiger partial charge in [-0.15, -0.1) is 0 Å². The van der Waals surface area contributed by atoms with E-state index in [1.54, 1.807) is 0 Å². The normalized spacial score (nSPS) is 12.6. The lowest BCUT2D eigenvalue weighted by atomic mass is 10.0. The Balaban J connectivity index is 4.33. The van der Waals surface area contributed by atoms with Crippen molar-refractivity contribution in [3.05, 3.63) is 85.1 Å². The summed E-state index contributed by atoms with van der Waals surface area (Å²) in [4.78, 5) is 38.5. The number of unbranched alkanes of at least 4 members (excludes halogenated alkanes) is 38. The van der Waals surface area contributed by atoms with Crippen LogP contribution in [0.25, 0.3) is 0 Å². The molecule has 0 aromatic rings. The van der Waals surface area contributed by atoms with Crippen LogP contribution in [-0.2, 0) is 28.6 Å². The van der Waals surface area contributed by atoms with Gasteiger partial charge in [0, 0.05) is 19.3 Å². The van der Waals surface area contributed by atoms with Crippen molar-refractivity contribution in [1.82, 2.24) is 0 Å². The Morgan fingerprint density at radius 2 is 0.487 bits per heavy atom. The highest BCUT2D eigenvalue weighted by molar-refractivity contribution is 5.71. The number of hydrogen-bond donors (Lipinski definition) is 0. The van der Waals surface area contributed by atoms with E-state index in [0.29, 0.717) is 19.3 Å². The van der Waals surface area contributed by atoms with Crippen LogP contribution in [0.2, 0.25) is 0 Å². The minimum atomic E-state index is -0.782. The zero-order chi connectivity index (χ0) is 57.8. The van der Waals surface area contributed by atoms with E-state index < -0.39 is 6.10 Å². The summed E-state index contributed by atoms with van der Waals surface area (Å²) in [5.41, 5.74) is 0. The highest BCUT2D eigenvalue weighted by Gasteiger charge is 2.19. The van der Waals surface area contributed by atoms with Crippen molar-refractivity contribution < 1.29 is 28.6 Å². The van der Waals surface area contributed by atoms with Crippen LogP contribution in [0.15, 0.2) is 85.1 Å². The Labute approximate surface area is 496 Å². The van der Waals surface area contributed by atoms with E-state index in [-0.39, 0.29) is 31.1 Å². The van der Waals surface area contributed by atoms with Crippen LogP contribution in [0.3, 0.4) is 0 Å². The summed E-state index contributed by atoms with van der Waals surface area (Å²) in [7, 11) is 0. The molecule has 0 aliphatic rings. The second-order valence-corrected chi connectivity index (χ2v) is 23.0. The van der Waals surface area contributed by atoms with E-state index in [1.165, 1.54) is 199 Å². The monoisotopic (exact) mass is 1110 g/mol. The van der Waals surface area contributed by atoms with E-state index in [1.807, 2.05) is 0 Å². The van der Waals surface area contributed by atoms with Crippen LogP contribution in [0, 0.1) is 0 Å². The number of carbonyl (C=O) groups excluding carboxylic acids is 3. The number of carbonyl (C=O) groups is 3. The number of allylic oxidation sites excluding steroid dienone is 14. The molecular weight excluding hydrogens is 985 g/mol. The van der Waals surface area contributed by atoms with Crippen molar-refractivity contribution in [3.63, 3.8) is 0 Å². The van der Waals surface area contributed by atoms with E-state index in [2.05, 4.69) is 106 Å². The summed E-state index contributed by atoms with van der Waals surface area (Å²) in [6, 6.07) is 0. The molecule has 80 heavy (non-hydrogen) atoms. The summed E-state index contributed by atoms with van der Waals surface area (Å²) in [6.45, 7) is 6.46. The third kappa shape index (κ3) is 65.4. The SMILES string of the molecule is CC/C=C\C/C=C\C/C=C\C/C=C\CCCCCCCCCCCCCCC(=O)OCC(COC(=O)CCCCCCCCC/C=C\C/C=C\C/C=C\CC)OC(=O)CCCCCCCCCCCCCCCCCCCCCC. The minimum absolute atomic E-state index is 0.0772. The van der Waals surface area contributed by atoms with Crippen molar-refractivity contribution in [3.8, 4) is 0 Å². The van der Waals surface area contributed by atoms with Crippen molar-refractivity contribution in [2.24, 2.45) is 0 Å². The van der Waals surface area contributed by atoms with Crippen molar-refractivity contribution in [2.75, 3.05) is 13.2 Å². The second-order valence-electron chi connectivity index (χ2n) is 23.0. The summed E-state index contributed by atoms with van der Waals surface area (Å²) in [5, 5.41) is 0. The van der Waals surface area contributed by atoms with E-state index in [4.69, 9.17) is 14.2 Å². The molecule has 6 heteroatoms. The molecule has 1 unspecified atom stereocenters. The van der Waals surface area contributed by atoms with Gasteiger partial charge < -0.3 is 14.2 Å². The van der Waals surface area contributed by atoms with Gasteiger partial charge in [0.25, 0.3) is 0 Å². The van der Waals surface area contributed by atoms with Crippen LogP contribution in [0.5, 0.6) is 0 Å². The zero-order valence-electron chi connectivity index (χ0n) is 53.1. The Kier molecular flexibility index (Phi) is 65.2. The topological polar surface area (TPSA) is 78.9 Å². The average Bonchev–Trinajstić information content (AvgIpc) is 3.46. The maximum atomic E-state index is 13.0. The molecule has 0 aromatic heterocycles. The highest BCUT2D eigenvalue weighted by Crippen LogP contribution is 2.18. The van der Waals surface area contributed by atoms with Crippen LogP contribution in [0.1, 0.15) is 348 Å². The van der Waals surface area contributed by atoms with Crippen molar-refractivity contribution in [1.29, 1.82) is 0 Å². The van der Waals surface area contributed by atoms with Crippen LogP contribution < -0.4 is 0 Å². The van der Waals surface area contributed by atoms with Gasteiger partial charge in [-0.3, -0.25) is 14.4 Å². The largest absolute Gasteiger partial charge is 0.462 e. The zero-order valence-corrected chi connectivity index (χ0v) is 53.1. The maximum Gasteiger partial charge on any atom is 0.306 e. The number of rotatable bonds is 63. The van der Waals surface area contributed by atoms with Gasteiger partial charge in [-0.25, -0.2) is 0 Å². The third-order valence-electron chi connectivity index (χ3n) is 15.1. The number of ether oxygens (including phenoxy) is 3. The molecule has 1 atom stereocenters. The van der Waals surface area contributed by atoms with Crippen LogP contribution >= 0.6 is 0 Å². The van der Waals surface area contributed by atoms with Gasteiger partial charge in [-0.1, -0.05) is 324 Å². The minimum Gasteiger partial charge on any atom is -0.462 e. The molecule has 0 aliphatic heterocycles. The molecule has 0 saturated carbocycles. The Bertz CT molecular complexity index is 1520. The van der Waals surface area contributed by atoms with Gasteiger partial charge in [0.15, 0.2) is 6.10 Å². The van der Waals surface area contributed by atoms with Gasteiger partial charge in [0.2, 0.25) is 0 Å². The molecule has 0 heterocycles. The Hall–Kier alpha value is -3.41. The first-order valence-electron chi connectivity index (χ1n) is 34.6. The van der Waals surface area contributed by atoms with Crippen molar-refractivity contribution >= 4 is 17.9 Å². The molecule has 0 aromatic carbocycles. The number of esters is 3. The smallest absolute Gasteiger partial charge is 0.306 e. The lowest BCUT2D eigenvalue weighted by Gasteiger charge is -2.18. The first-order valence-corrected chi connectivity index (χ1v) is 34.6. The first-order chi connectivity index (χ1) is 39.5.